The topological polar surface area (TPSA) is 108 Å². The molecule has 0 spiro atoms. The van der Waals surface area contributed by atoms with E-state index in [0.29, 0.717) is 35.8 Å². The lowest BCUT2D eigenvalue weighted by atomic mass is 9.95. The highest BCUT2D eigenvalue weighted by atomic mass is 32.2. The fourth-order valence-corrected chi connectivity index (χ4v) is 5.61. The molecule has 0 aliphatic carbocycles. The van der Waals surface area contributed by atoms with Crippen molar-refractivity contribution in [2.75, 3.05) is 39.0 Å². The maximum Gasteiger partial charge on any atom is 0.230 e. The number of nitrogens with one attached hydrogen (secondary N) is 1. The summed E-state index contributed by atoms with van der Waals surface area (Å²) in [5, 5.41) is 11.5. The first-order chi connectivity index (χ1) is 14.9. The average Bonchev–Trinajstić information content (AvgIpc) is 3.48. The minimum atomic E-state index is -3.10. The average molecular weight is 449 g/mol. The Hall–Kier alpha value is -2.37. The van der Waals surface area contributed by atoms with Crippen LogP contribution in [0.25, 0.3) is 22.3 Å². The Labute approximate surface area is 179 Å². The number of nitrogens with zero attached hydrogens (tertiary/aromatic N) is 5. The van der Waals surface area contributed by atoms with Crippen LogP contribution in [0.3, 0.4) is 0 Å². The van der Waals surface area contributed by atoms with Crippen molar-refractivity contribution in [2.24, 2.45) is 5.92 Å². The number of sulfonamides is 1. The second-order valence-electron chi connectivity index (χ2n) is 8.56. The second-order valence-corrected chi connectivity index (χ2v) is 10.5. The highest BCUT2D eigenvalue weighted by Gasteiger charge is 2.32. The van der Waals surface area contributed by atoms with E-state index in [2.05, 4.69) is 25.2 Å². The van der Waals surface area contributed by atoms with Crippen molar-refractivity contribution in [3.63, 3.8) is 0 Å². The summed E-state index contributed by atoms with van der Waals surface area (Å²) < 4.78 is 45.0. The van der Waals surface area contributed by atoms with Gasteiger partial charge in [-0.2, -0.15) is 10.1 Å². The van der Waals surface area contributed by atoms with E-state index >= 15 is 0 Å². The number of fused-ring (bicyclic) bond motifs is 1. The van der Waals surface area contributed by atoms with Crippen LogP contribution in [-0.4, -0.2) is 76.9 Å². The Morgan fingerprint density at radius 1 is 1.23 bits per heavy atom. The van der Waals surface area contributed by atoms with E-state index in [9.17, 15) is 12.8 Å². The summed E-state index contributed by atoms with van der Waals surface area (Å²) in [6.07, 6.45) is 5.50. The Bertz CT molecular complexity index is 1180. The first-order valence-corrected chi connectivity index (χ1v) is 12.4. The number of H-pyrrole nitrogens is 1. The van der Waals surface area contributed by atoms with Crippen molar-refractivity contribution < 1.29 is 17.3 Å². The lowest BCUT2D eigenvalue weighted by Crippen LogP contribution is -2.37. The predicted molar refractivity (Wildman–Crippen MR) is 112 cm³/mol. The molecule has 1 N–H and O–H groups in total. The second kappa shape index (κ2) is 7.95. The molecule has 2 saturated heterocycles. The first kappa shape index (κ1) is 20.5. The molecule has 0 radical (unpaired) electrons. The zero-order valence-corrected chi connectivity index (χ0v) is 18.1. The monoisotopic (exact) mass is 448 g/mol. The molecule has 11 heteroatoms. The zero-order chi connectivity index (χ0) is 21.6. The van der Waals surface area contributed by atoms with Gasteiger partial charge in [-0.15, -0.1) is 0 Å². The molecule has 2 aliphatic rings. The highest BCUT2D eigenvalue weighted by Crippen LogP contribution is 2.32. The molecular formula is C20H25FN6O3S. The van der Waals surface area contributed by atoms with Crippen molar-refractivity contribution >= 4 is 20.9 Å². The van der Waals surface area contributed by atoms with Gasteiger partial charge in [-0.3, -0.25) is 5.10 Å². The number of hydrogen-bond acceptors (Lipinski definition) is 7. The van der Waals surface area contributed by atoms with E-state index in [-0.39, 0.29) is 11.7 Å². The van der Waals surface area contributed by atoms with Gasteiger partial charge >= 0.3 is 0 Å². The van der Waals surface area contributed by atoms with Gasteiger partial charge in [0.1, 0.15) is 5.82 Å². The number of rotatable bonds is 5. The fourth-order valence-electron chi connectivity index (χ4n) is 4.70. The van der Waals surface area contributed by atoms with Gasteiger partial charge in [0.25, 0.3) is 0 Å². The summed E-state index contributed by atoms with van der Waals surface area (Å²) in [5.41, 5.74) is 1.02. The molecular weight excluding hydrogens is 423 g/mol. The third-order valence-corrected chi connectivity index (χ3v) is 7.68. The number of halogens is 1. The number of likely N-dealkylation sites (tertiary alicyclic amines) is 1. The van der Waals surface area contributed by atoms with E-state index < -0.39 is 15.8 Å². The Balaban J connectivity index is 1.22. The molecule has 166 valence electrons. The maximum atomic E-state index is 14.5. The Morgan fingerprint density at radius 3 is 2.77 bits per heavy atom. The van der Waals surface area contributed by atoms with E-state index in [1.165, 1.54) is 12.3 Å². The van der Waals surface area contributed by atoms with Crippen LogP contribution in [0.1, 0.15) is 31.1 Å². The van der Waals surface area contributed by atoms with Crippen LogP contribution in [0.4, 0.5) is 4.39 Å². The molecule has 0 saturated carbocycles. The molecule has 1 atom stereocenters. The van der Waals surface area contributed by atoms with Crippen LogP contribution in [-0.2, 0) is 10.0 Å². The summed E-state index contributed by atoms with van der Waals surface area (Å²) >= 11 is 0. The van der Waals surface area contributed by atoms with Crippen LogP contribution in [0.2, 0.25) is 0 Å². The van der Waals surface area contributed by atoms with Crippen molar-refractivity contribution in [3.8, 4) is 11.4 Å². The van der Waals surface area contributed by atoms with Gasteiger partial charge in [0.05, 0.1) is 23.5 Å². The summed E-state index contributed by atoms with van der Waals surface area (Å²) in [5.74, 6) is 0.892. The van der Waals surface area contributed by atoms with Gasteiger partial charge in [-0.25, -0.2) is 17.1 Å². The summed E-state index contributed by atoms with van der Waals surface area (Å²) in [6.45, 7) is 3.91. The summed E-state index contributed by atoms with van der Waals surface area (Å²) in [4.78, 5) is 6.89. The molecule has 5 rings (SSSR count). The molecule has 9 nitrogen and oxygen atoms in total. The third-order valence-electron chi connectivity index (χ3n) is 6.41. The molecule has 0 bridgehead atoms. The van der Waals surface area contributed by atoms with Crippen LogP contribution in [0.5, 0.6) is 0 Å². The summed E-state index contributed by atoms with van der Waals surface area (Å²) in [7, 11) is -3.10. The maximum absolute atomic E-state index is 14.5. The fraction of sp³-hybridized carbons (Fsp3) is 0.550. The molecule has 2 aliphatic heterocycles. The van der Waals surface area contributed by atoms with Gasteiger partial charge in [0, 0.05) is 30.9 Å². The van der Waals surface area contributed by atoms with Crippen molar-refractivity contribution in [1.29, 1.82) is 0 Å². The van der Waals surface area contributed by atoms with Crippen LogP contribution >= 0.6 is 0 Å². The number of hydrogen-bond donors (Lipinski definition) is 1. The van der Waals surface area contributed by atoms with Crippen LogP contribution < -0.4 is 0 Å². The number of aromatic amines is 1. The lowest BCUT2D eigenvalue weighted by Gasteiger charge is -2.32. The minimum Gasteiger partial charge on any atom is -0.339 e. The first-order valence-electron chi connectivity index (χ1n) is 10.5. The van der Waals surface area contributed by atoms with E-state index in [0.717, 1.165) is 44.4 Å². The lowest BCUT2D eigenvalue weighted by molar-refractivity contribution is 0.172. The molecule has 2 aromatic heterocycles. The highest BCUT2D eigenvalue weighted by molar-refractivity contribution is 7.88. The number of aromatic nitrogens is 4. The Morgan fingerprint density at radius 2 is 2.03 bits per heavy atom. The van der Waals surface area contributed by atoms with Crippen molar-refractivity contribution in [1.82, 2.24) is 29.5 Å². The van der Waals surface area contributed by atoms with E-state index in [4.69, 9.17) is 4.52 Å². The zero-order valence-electron chi connectivity index (χ0n) is 17.3. The molecule has 31 heavy (non-hydrogen) atoms. The van der Waals surface area contributed by atoms with Crippen molar-refractivity contribution in [3.05, 3.63) is 30.0 Å². The molecule has 1 aromatic carbocycles. The summed E-state index contributed by atoms with van der Waals surface area (Å²) in [6, 6.07) is 3.01. The van der Waals surface area contributed by atoms with Crippen LogP contribution in [0.15, 0.2) is 22.9 Å². The van der Waals surface area contributed by atoms with Crippen LogP contribution in [0, 0.1) is 11.7 Å². The number of benzene rings is 1. The Kier molecular flexibility index (Phi) is 5.27. The molecule has 0 amide bonds. The minimum absolute atomic E-state index is 0.139. The molecule has 2 fully saturated rings. The SMILES string of the molecule is CS(=O)(=O)N1CC[C@@H](CN2CCC(c3nc(-c4c(F)ccc5[nH]ncc45)no3)CC2)C1. The van der Waals surface area contributed by atoms with E-state index in [1.807, 2.05) is 0 Å². The molecule has 4 heterocycles. The molecule has 3 aromatic rings. The number of piperidine rings is 1. The normalized spacial score (nSPS) is 21.9. The van der Waals surface area contributed by atoms with E-state index in [1.54, 1.807) is 16.6 Å². The quantitative estimate of drug-likeness (QED) is 0.637. The van der Waals surface area contributed by atoms with Gasteiger partial charge in [0.2, 0.25) is 21.7 Å². The smallest absolute Gasteiger partial charge is 0.230 e. The predicted octanol–water partition coefficient (Wildman–Crippen LogP) is 2.21. The third kappa shape index (κ3) is 4.09. The van der Waals surface area contributed by atoms with Gasteiger partial charge < -0.3 is 9.42 Å². The largest absolute Gasteiger partial charge is 0.339 e. The van der Waals surface area contributed by atoms with Crippen molar-refractivity contribution in [2.45, 2.75) is 25.2 Å². The van der Waals surface area contributed by atoms with Gasteiger partial charge in [-0.1, -0.05) is 5.16 Å². The standard InChI is InChI=1S/C20H25FN6O3S/c1-31(28,29)27-9-4-13(12-27)11-26-7-5-14(6-8-26)20-23-19(25-30-20)18-15-10-22-24-17(15)3-2-16(18)21/h2-3,10,13-14H,4-9,11-12H2,1H3,(H,22,24)/t13-/m0/s1. The molecule has 0 unspecified atom stereocenters. The van der Waals surface area contributed by atoms with Gasteiger partial charge in [0.15, 0.2) is 0 Å². The van der Waals surface area contributed by atoms with Gasteiger partial charge in [-0.05, 0) is 50.4 Å².